The number of amides is 12. The second-order valence-electron chi connectivity index (χ2n) is 14.9. The van der Waals surface area contributed by atoms with E-state index in [9.17, 15) is 57.5 Å². The van der Waals surface area contributed by atoms with Gasteiger partial charge in [0, 0.05) is 22.3 Å². The highest BCUT2D eigenvalue weighted by atomic mass is 16.2. The third-order valence-electron chi connectivity index (χ3n) is 9.58. The van der Waals surface area contributed by atoms with Gasteiger partial charge in [-0.3, -0.25) is 79.2 Å². The SMILES string of the molecule is C=C(C)C(=O)NN1C(=O)c2ccccc2C1=O.C=C(C)C(=O)NN1C(=O)c2ccccc2C1=O.C=C(C)C(=O)NN1C(=O)c2ccccc2C1=O.C=C(C)C(=O)NN1C(=O)c2ccccc2C1=O. The van der Waals surface area contributed by atoms with Crippen LogP contribution in [0.25, 0.3) is 0 Å². The number of carbonyl (C=O) groups excluding carboxylic acids is 12. The number of nitrogens with zero attached hydrogens (tertiary/aromatic N) is 4. The minimum Gasteiger partial charge on any atom is -0.268 e. The highest BCUT2D eigenvalue weighted by Gasteiger charge is 2.39. The Morgan fingerprint density at radius 1 is 0.294 bits per heavy atom. The molecule has 0 atom stereocenters. The average molecular weight is 921 g/mol. The lowest BCUT2D eigenvalue weighted by molar-refractivity contribution is -0.121. The second-order valence-corrected chi connectivity index (χ2v) is 14.9. The van der Waals surface area contributed by atoms with Crippen molar-refractivity contribution in [1.29, 1.82) is 0 Å². The molecule has 0 radical (unpaired) electrons. The van der Waals surface area contributed by atoms with Crippen molar-refractivity contribution in [2.75, 3.05) is 0 Å². The number of nitrogens with one attached hydrogen (secondary N) is 4. The lowest BCUT2D eigenvalue weighted by Crippen LogP contribution is -2.46. The summed E-state index contributed by atoms with van der Waals surface area (Å²) in [5, 5.41) is 2.84. The lowest BCUT2D eigenvalue weighted by Gasteiger charge is -2.14. The summed E-state index contributed by atoms with van der Waals surface area (Å²) >= 11 is 0. The summed E-state index contributed by atoms with van der Waals surface area (Å²) in [7, 11) is 0. The highest BCUT2D eigenvalue weighted by Crippen LogP contribution is 2.24. The fraction of sp³-hybridized carbons (Fsp3) is 0.0833. The molecule has 68 heavy (non-hydrogen) atoms. The van der Waals surface area contributed by atoms with Gasteiger partial charge in [0.25, 0.3) is 70.9 Å². The number of imide groups is 4. The highest BCUT2D eigenvalue weighted by molar-refractivity contribution is 6.24. The Bertz CT molecular complexity index is 2450. The van der Waals surface area contributed by atoms with Gasteiger partial charge in [-0.2, -0.15) is 20.0 Å². The molecule has 20 nitrogen and oxygen atoms in total. The molecule has 0 aromatic heterocycles. The first-order chi connectivity index (χ1) is 32.1. The van der Waals surface area contributed by atoms with E-state index in [0.717, 1.165) is 0 Å². The van der Waals surface area contributed by atoms with Crippen LogP contribution in [-0.2, 0) is 19.2 Å². The molecule has 0 saturated heterocycles. The minimum atomic E-state index is -0.556. The molecule has 4 aromatic rings. The van der Waals surface area contributed by atoms with E-state index in [2.05, 4.69) is 48.0 Å². The van der Waals surface area contributed by atoms with Gasteiger partial charge in [-0.15, -0.1) is 0 Å². The fourth-order valence-electron chi connectivity index (χ4n) is 5.95. The maximum atomic E-state index is 11.8. The Morgan fingerprint density at radius 2 is 0.412 bits per heavy atom. The van der Waals surface area contributed by atoms with E-state index >= 15 is 0 Å². The molecule has 4 aliphatic rings. The van der Waals surface area contributed by atoms with E-state index < -0.39 is 70.9 Å². The summed E-state index contributed by atoms with van der Waals surface area (Å²) in [6.45, 7) is 19.7. The molecule has 0 spiro atoms. The number of benzene rings is 4. The average Bonchev–Trinajstić information content (AvgIpc) is 3.90. The van der Waals surface area contributed by atoms with Crippen molar-refractivity contribution in [3.63, 3.8) is 0 Å². The Hall–Kier alpha value is -9.72. The molecule has 0 unspecified atom stereocenters. The number of fused-ring (bicyclic) bond motifs is 4. The molecule has 20 heteroatoms. The molecule has 0 saturated carbocycles. The smallest absolute Gasteiger partial charge is 0.268 e. The van der Waals surface area contributed by atoms with Crippen LogP contribution in [-0.4, -0.2) is 90.9 Å². The maximum Gasteiger partial charge on any atom is 0.280 e. The molecule has 0 bridgehead atoms. The predicted octanol–water partition coefficient (Wildman–Crippen LogP) is 3.56. The molecule has 4 N–H and O–H groups in total. The van der Waals surface area contributed by atoms with Gasteiger partial charge in [-0.05, 0) is 76.2 Å². The molecule has 4 heterocycles. The summed E-state index contributed by atoms with van der Waals surface area (Å²) in [6, 6.07) is 25.6. The topological polar surface area (TPSA) is 266 Å². The van der Waals surface area contributed by atoms with E-state index in [-0.39, 0.29) is 22.3 Å². The number of hydrogen-bond donors (Lipinski definition) is 4. The van der Waals surface area contributed by atoms with Crippen molar-refractivity contribution >= 4 is 70.9 Å². The minimum absolute atomic E-state index is 0.224. The van der Waals surface area contributed by atoms with Crippen LogP contribution in [0.1, 0.15) is 111 Å². The van der Waals surface area contributed by atoms with Crippen molar-refractivity contribution in [2.24, 2.45) is 0 Å². The summed E-state index contributed by atoms with van der Waals surface area (Å²) in [5.74, 6) is -6.44. The van der Waals surface area contributed by atoms with Crippen LogP contribution in [0.4, 0.5) is 0 Å². The molecular formula is C48H40N8O12. The van der Waals surface area contributed by atoms with E-state index in [1.807, 2.05) is 0 Å². The van der Waals surface area contributed by atoms with Crippen molar-refractivity contribution < 1.29 is 57.5 Å². The van der Waals surface area contributed by atoms with Crippen LogP contribution in [0, 0.1) is 0 Å². The van der Waals surface area contributed by atoms with Crippen LogP contribution in [0.3, 0.4) is 0 Å². The van der Waals surface area contributed by atoms with E-state index in [1.165, 1.54) is 27.7 Å². The van der Waals surface area contributed by atoms with E-state index in [1.54, 1.807) is 97.1 Å². The largest absolute Gasteiger partial charge is 0.280 e. The van der Waals surface area contributed by atoms with Crippen LogP contribution in [0.15, 0.2) is 146 Å². The maximum absolute atomic E-state index is 11.8. The van der Waals surface area contributed by atoms with Crippen molar-refractivity contribution in [3.8, 4) is 0 Å². The Kier molecular flexibility index (Phi) is 14.8. The molecule has 0 aliphatic carbocycles. The summed E-state index contributed by atoms with van der Waals surface area (Å²) < 4.78 is 0. The summed E-state index contributed by atoms with van der Waals surface area (Å²) in [4.78, 5) is 140. The van der Waals surface area contributed by atoms with Crippen LogP contribution >= 0.6 is 0 Å². The summed E-state index contributed by atoms with van der Waals surface area (Å²) in [5.41, 5.74) is 12.1. The fourth-order valence-corrected chi connectivity index (χ4v) is 5.95. The van der Waals surface area contributed by atoms with Crippen molar-refractivity contribution in [2.45, 2.75) is 27.7 Å². The van der Waals surface area contributed by atoms with E-state index in [0.29, 0.717) is 64.5 Å². The quantitative estimate of drug-likeness (QED) is 0.146. The van der Waals surface area contributed by atoms with Crippen LogP contribution in [0.5, 0.6) is 0 Å². The first-order valence-corrected chi connectivity index (χ1v) is 19.9. The standard InChI is InChI=1S/4C12H10N2O3/c4*1-7(2)10(15)13-14-11(16)8-5-3-4-6-9(8)12(14)17/h4*3-6H,1H2,2H3,(H,13,15). The zero-order valence-corrected chi connectivity index (χ0v) is 36.8. The monoisotopic (exact) mass is 920 g/mol. The second kappa shape index (κ2) is 20.4. The van der Waals surface area contributed by atoms with Gasteiger partial charge in [-0.25, -0.2) is 0 Å². The van der Waals surface area contributed by atoms with Crippen molar-refractivity contribution in [3.05, 3.63) is 190 Å². The van der Waals surface area contributed by atoms with E-state index in [4.69, 9.17) is 0 Å². The number of hydrogen-bond acceptors (Lipinski definition) is 12. The van der Waals surface area contributed by atoms with Gasteiger partial charge in [0.15, 0.2) is 0 Å². The Labute approximate surface area is 387 Å². The predicted molar refractivity (Wildman–Crippen MR) is 240 cm³/mol. The Morgan fingerprint density at radius 3 is 0.515 bits per heavy atom. The normalized spacial score (nSPS) is 13.6. The lowest BCUT2D eigenvalue weighted by atomic mass is 10.1. The van der Waals surface area contributed by atoms with Gasteiger partial charge in [0.1, 0.15) is 0 Å². The molecule has 4 aliphatic heterocycles. The molecule has 344 valence electrons. The molecule has 0 fully saturated rings. The van der Waals surface area contributed by atoms with Gasteiger partial charge in [-0.1, -0.05) is 74.8 Å². The number of carbonyl (C=O) groups is 12. The van der Waals surface area contributed by atoms with Gasteiger partial charge < -0.3 is 0 Å². The molecule has 12 amide bonds. The van der Waals surface area contributed by atoms with Gasteiger partial charge in [0.05, 0.1) is 44.5 Å². The zero-order valence-electron chi connectivity index (χ0n) is 36.8. The zero-order chi connectivity index (χ0) is 50.3. The third-order valence-corrected chi connectivity index (χ3v) is 9.58. The van der Waals surface area contributed by atoms with Gasteiger partial charge in [0.2, 0.25) is 0 Å². The first-order valence-electron chi connectivity index (χ1n) is 19.9. The van der Waals surface area contributed by atoms with Crippen LogP contribution < -0.4 is 21.7 Å². The summed E-state index contributed by atoms with van der Waals surface area (Å²) in [6.07, 6.45) is 0. The third kappa shape index (κ3) is 10.1. The molecule has 8 rings (SSSR count). The molecule has 4 aromatic carbocycles. The first kappa shape index (κ1) is 49.3. The van der Waals surface area contributed by atoms with Crippen LogP contribution in [0.2, 0.25) is 0 Å². The number of rotatable bonds is 8. The van der Waals surface area contributed by atoms with Crippen molar-refractivity contribution in [1.82, 2.24) is 41.7 Å². The Balaban J connectivity index is 0.000000169. The van der Waals surface area contributed by atoms with Gasteiger partial charge >= 0.3 is 0 Å². The number of hydrazine groups is 4. The molecular weight excluding hydrogens is 881 g/mol.